The lowest BCUT2D eigenvalue weighted by molar-refractivity contribution is -0.152. The van der Waals surface area contributed by atoms with E-state index in [1.54, 1.807) is 6.07 Å². The number of hydrogen-bond acceptors (Lipinski definition) is 4. The van der Waals surface area contributed by atoms with Crippen LogP contribution in [-0.2, 0) is 20.7 Å². The molecule has 1 atom stereocenters. The quantitative estimate of drug-likeness (QED) is 0.857. The summed E-state index contributed by atoms with van der Waals surface area (Å²) in [5.41, 5.74) is 0.827. The number of methoxy groups -OCH3 is 2. The smallest absolute Gasteiger partial charge is 0.335 e. The van der Waals surface area contributed by atoms with Crippen molar-refractivity contribution in [3.8, 4) is 5.75 Å². The zero-order chi connectivity index (χ0) is 13.8. The molecule has 0 saturated carbocycles. The van der Waals surface area contributed by atoms with Crippen LogP contribution in [0.2, 0.25) is 0 Å². The van der Waals surface area contributed by atoms with Crippen LogP contribution in [0.3, 0.4) is 0 Å². The zero-order valence-electron chi connectivity index (χ0n) is 10.9. The molecule has 2 rings (SSSR count). The summed E-state index contributed by atoms with van der Waals surface area (Å²) in [5, 5.41) is 11.7. The van der Waals surface area contributed by atoms with E-state index in [0.29, 0.717) is 6.42 Å². The highest BCUT2D eigenvalue weighted by molar-refractivity contribution is 5.88. The van der Waals surface area contributed by atoms with E-state index in [-0.39, 0.29) is 5.75 Å². The van der Waals surface area contributed by atoms with Gasteiger partial charge in [-0.05, 0) is 17.0 Å². The van der Waals surface area contributed by atoms with Gasteiger partial charge in [-0.1, -0.05) is 30.3 Å². The topological polar surface area (TPSA) is 55.8 Å². The van der Waals surface area contributed by atoms with E-state index in [9.17, 15) is 9.90 Å². The van der Waals surface area contributed by atoms with Crippen LogP contribution in [0.1, 0.15) is 5.56 Å². The minimum Gasteiger partial charge on any atom is -0.507 e. The molecular weight excluding hydrogens is 244 g/mol. The average molecular weight is 260 g/mol. The van der Waals surface area contributed by atoms with Crippen molar-refractivity contribution in [1.82, 2.24) is 0 Å². The first kappa shape index (κ1) is 13.4. The highest BCUT2D eigenvalue weighted by Gasteiger charge is 2.19. The highest BCUT2D eigenvalue weighted by atomic mass is 16.6. The number of aromatic hydroxyl groups is 1. The molecule has 0 bridgehead atoms. The van der Waals surface area contributed by atoms with Crippen LogP contribution in [0.25, 0.3) is 10.8 Å². The largest absolute Gasteiger partial charge is 0.507 e. The van der Waals surface area contributed by atoms with Crippen molar-refractivity contribution >= 4 is 16.7 Å². The first-order chi connectivity index (χ1) is 9.15. The summed E-state index contributed by atoms with van der Waals surface area (Å²) in [6.45, 7) is 0. The van der Waals surface area contributed by atoms with Gasteiger partial charge in [-0.3, -0.25) is 0 Å². The predicted molar refractivity (Wildman–Crippen MR) is 72.1 cm³/mol. The standard InChI is InChI=1S/C15H16O4/c1-18-14(15(17)19-2)9-10-7-11-5-3-4-6-12(11)13(16)8-10/h3-8,14,16H,9H2,1-2H3/t14-/m1/s1. The molecule has 4 nitrogen and oxygen atoms in total. The molecule has 0 saturated heterocycles. The maximum atomic E-state index is 11.5. The third-order valence-corrected chi connectivity index (χ3v) is 3.07. The van der Waals surface area contributed by atoms with Crippen molar-refractivity contribution in [3.63, 3.8) is 0 Å². The number of phenolic OH excluding ortho intramolecular Hbond substituents is 1. The first-order valence-electron chi connectivity index (χ1n) is 5.97. The van der Waals surface area contributed by atoms with E-state index in [1.807, 2.05) is 30.3 Å². The van der Waals surface area contributed by atoms with Crippen molar-refractivity contribution in [3.05, 3.63) is 42.0 Å². The number of esters is 1. The van der Waals surface area contributed by atoms with E-state index in [4.69, 9.17) is 4.74 Å². The zero-order valence-corrected chi connectivity index (χ0v) is 10.9. The summed E-state index contributed by atoms with van der Waals surface area (Å²) in [4.78, 5) is 11.5. The number of phenols is 1. The number of carbonyl (C=O) groups excluding carboxylic acids is 1. The number of ether oxygens (including phenoxy) is 2. The molecule has 19 heavy (non-hydrogen) atoms. The van der Waals surface area contributed by atoms with Gasteiger partial charge in [0.1, 0.15) is 5.75 Å². The maximum Gasteiger partial charge on any atom is 0.335 e. The van der Waals surface area contributed by atoms with Gasteiger partial charge in [0.2, 0.25) is 0 Å². The van der Waals surface area contributed by atoms with Gasteiger partial charge in [-0.2, -0.15) is 0 Å². The lowest BCUT2D eigenvalue weighted by Gasteiger charge is -2.13. The number of fused-ring (bicyclic) bond motifs is 1. The van der Waals surface area contributed by atoms with Crippen molar-refractivity contribution in [2.24, 2.45) is 0 Å². The van der Waals surface area contributed by atoms with E-state index >= 15 is 0 Å². The maximum absolute atomic E-state index is 11.5. The fraction of sp³-hybridized carbons (Fsp3) is 0.267. The Morgan fingerprint density at radius 2 is 2.00 bits per heavy atom. The molecule has 0 spiro atoms. The van der Waals surface area contributed by atoms with Crippen molar-refractivity contribution < 1.29 is 19.4 Å². The Kier molecular flexibility index (Phi) is 4.02. The summed E-state index contributed by atoms with van der Waals surface area (Å²) in [5.74, 6) is -0.219. The minimum absolute atomic E-state index is 0.202. The molecule has 0 aliphatic heterocycles. The molecule has 0 aromatic heterocycles. The minimum atomic E-state index is -0.662. The average Bonchev–Trinajstić information content (AvgIpc) is 2.44. The fourth-order valence-electron chi connectivity index (χ4n) is 2.08. The van der Waals surface area contributed by atoms with Gasteiger partial charge in [-0.15, -0.1) is 0 Å². The van der Waals surface area contributed by atoms with E-state index in [1.165, 1.54) is 14.2 Å². The third kappa shape index (κ3) is 2.85. The van der Waals surface area contributed by atoms with Gasteiger partial charge in [-0.25, -0.2) is 4.79 Å². The molecule has 4 heteroatoms. The van der Waals surface area contributed by atoms with Gasteiger partial charge < -0.3 is 14.6 Å². The Labute approximate surface area is 111 Å². The molecule has 2 aromatic rings. The van der Waals surface area contributed by atoms with Crippen LogP contribution in [0.15, 0.2) is 36.4 Å². The van der Waals surface area contributed by atoms with Crippen LogP contribution in [0.4, 0.5) is 0 Å². The van der Waals surface area contributed by atoms with Crippen LogP contribution < -0.4 is 0 Å². The molecule has 0 amide bonds. The van der Waals surface area contributed by atoms with Crippen molar-refractivity contribution in [1.29, 1.82) is 0 Å². The first-order valence-corrected chi connectivity index (χ1v) is 5.97. The molecule has 0 unspecified atom stereocenters. The summed E-state index contributed by atoms with van der Waals surface area (Å²) in [6, 6.07) is 11.1. The number of carbonyl (C=O) groups is 1. The highest BCUT2D eigenvalue weighted by Crippen LogP contribution is 2.27. The van der Waals surface area contributed by atoms with Gasteiger partial charge in [0.15, 0.2) is 6.10 Å². The molecule has 2 aromatic carbocycles. The molecule has 1 N–H and O–H groups in total. The molecule has 0 aliphatic carbocycles. The van der Waals surface area contributed by atoms with E-state index in [2.05, 4.69) is 4.74 Å². The summed E-state index contributed by atoms with van der Waals surface area (Å²) < 4.78 is 9.77. The second-order valence-electron chi connectivity index (χ2n) is 4.29. The molecule has 0 aliphatic rings. The number of benzene rings is 2. The predicted octanol–water partition coefficient (Wildman–Crippen LogP) is 2.28. The summed E-state index contributed by atoms with van der Waals surface area (Å²) >= 11 is 0. The Bertz CT molecular complexity index is 592. The lowest BCUT2D eigenvalue weighted by Crippen LogP contribution is -2.26. The fourth-order valence-corrected chi connectivity index (χ4v) is 2.08. The van der Waals surface area contributed by atoms with Gasteiger partial charge >= 0.3 is 5.97 Å². The van der Waals surface area contributed by atoms with Crippen molar-refractivity contribution in [2.75, 3.05) is 14.2 Å². The van der Waals surface area contributed by atoms with Crippen molar-refractivity contribution in [2.45, 2.75) is 12.5 Å². The van der Waals surface area contributed by atoms with Gasteiger partial charge in [0.25, 0.3) is 0 Å². The normalized spacial score (nSPS) is 12.3. The Morgan fingerprint density at radius 3 is 2.68 bits per heavy atom. The van der Waals surface area contributed by atoms with E-state index < -0.39 is 12.1 Å². The second-order valence-corrected chi connectivity index (χ2v) is 4.29. The number of rotatable bonds is 4. The van der Waals surface area contributed by atoms with Crippen LogP contribution in [-0.4, -0.2) is 31.4 Å². The third-order valence-electron chi connectivity index (χ3n) is 3.07. The monoisotopic (exact) mass is 260 g/mol. The summed E-state index contributed by atoms with van der Waals surface area (Å²) in [7, 11) is 2.79. The molecule has 100 valence electrons. The SMILES string of the molecule is COC(=O)[C@@H](Cc1cc(O)c2ccccc2c1)OC. The van der Waals surface area contributed by atoms with Crippen LogP contribution in [0, 0.1) is 0 Å². The van der Waals surface area contributed by atoms with Gasteiger partial charge in [0.05, 0.1) is 7.11 Å². The molecule has 0 radical (unpaired) electrons. The second kappa shape index (κ2) is 5.71. The molecule has 0 fully saturated rings. The Morgan fingerprint density at radius 1 is 1.26 bits per heavy atom. The lowest BCUT2D eigenvalue weighted by atomic mass is 10.0. The van der Waals surface area contributed by atoms with Crippen LogP contribution >= 0.6 is 0 Å². The number of hydrogen-bond donors (Lipinski definition) is 1. The van der Waals surface area contributed by atoms with Gasteiger partial charge in [0, 0.05) is 18.9 Å². The molecular formula is C15H16O4. The molecule has 0 heterocycles. The Hall–Kier alpha value is -2.07. The summed E-state index contributed by atoms with van der Waals surface area (Å²) in [6.07, 6.45) is -0.299. The van der Waals surface area contributed by atoms with E-state index in [0.717, 1.165) is 16.3 Å². The van der Waals surface area contributed by atoms with Crippen LogP contribution in [0.5, 0.6) is 5.75 Å². The Balaban J connectivity index is 2.33.